The highest BCUT2D eigenvalue weighted by atomic mass is 16.5. The first kappa shape index (κ1) is 23.3. The van der Waals surface area contributed by atoms with Crippen LogP contribution in [0.15, 0.2) is 16.8 Å². The largest absolute Gasteiger partial charge is 0.458 e. The van der Waals surface area contributed by atoms with Crippen molar-refractivity contribution < 1.29 is 30.0 Å². The second-order valence-electron chi connectivity index (χ2n) is 11.4. The lowest BCUT2D eigenvalue weighted by atomic mass is 9.41. The first-order valence-electron chi connectivity index (χ1n) is 12.6. The molecule has 4 aliphatic carbocycles. The highest BCUT2D eigenvalue weighted by molar-refractivity contribution is 5.85. The highest BCUT2D eigenvalue weighted by Gasteiger charge is 2.71. The fourth-order valence-corrected chi connectivity index (χ4v) is 8.64. The van der Waals surface area contributed by atoms with E-state index in [0.29, 0.717) is 51.7 Å². The molecule has 8 atom stereocenters. The van der Waals surface area contributed by atoms with Crippen LogP contribution in [0.1, 0.15) is 64.7 Å². The van der Waals surface area contributed by atoms with E-state index in [-0.39, 0.29) is 35.7 Å². The van der Waals surface area contributed by atoms with Gasteiger partial charge in [0, 0.05) is 29.5 Å². The first-order chi connectivity index (χ1) is 15.7. The Balaban J connectivity index is 1.50. The molecular weight excluding hydrogens is 424 g/mol. The Morgan fingerprint density at radius 1 is 1.15 bits per heavy atom. The van der Waals surface area contributed by atoms with E-state index in [1.54, 1.807) is 6.08 Å². The van der Waals surface area contributed by atoms with Crippen LogP contribution >= 0.6 is 0 Å². The maximum Gasteiger partial charge on any atom is 0.331 e. The number of carbonyl (C=O) groups excluding carboxylic acids is 1. The molecule has 184 valence electrons. The van der Waals surface area contributed by atoms with Crippen LogP contribution in [0, 0.1) is 28.6 Å². The Morgan fingerprint density at radius 2 is 1.94 bits per heavy atom. The zero-order valence-corrected chi connectivity index (χ0v) is 19.5. The van der Waals surface area contributed by atoms with Crippen LogP contribution in [0.25, 0.3) is 0 Å². The summed E-state index contributed by atoms with van der Waals surface area (Å²) >= 11 is 0. The number of hydrogen-bond donors (Lipinski definition) is 5. The quantitative estimate of drug-likeness (QED) is 0.180. The lowest BCUT2D eigenvalue weighted by Gasteiger charge is -2.65. The maximum atomic E-state index is 12.3. The van der Waals surface area contributed by atoms with Gasteiger partial charge < -0.3 is 30.6 Å². The fourth-order valence-electron chi connectivity index (χ4n) is 8.64. The Labute approximate surface area is 195 Å². The van der Waals surface area contributed by atoms with Crippen LogP contribution in [0.4, 0.5) is 0 Å². The molecule has 5 rings (SSSR count). The zero-order valence-electron chi connectivity index (χ0n) is 19.5. The standard InChI is InChI=1S/C25H38N2O6/c1-22-6-3-19-20(25(22,32)9-5-18(22)16-12-21(30)33-14-16)4-8-24(31)13-17(29)2-7-23(19,24)15-27-26-10-11-28/h12,15,17-20,26,28-29,31-32H,2-11,13-14H2,1H3. The predicted octanol–water partition coefficient (Wildman–Crippen LogP) is 1.27. The van der Waals surface area contributed by atoms with E-state index in [2.05, 4.69) is 17.5 Å². The van der Waals surface area contributed by atoms with Gasteiger partial charge in [-0.1, -0.05) is 6.92 Å². The minimum Gasteiger partial charge on any atom is -0.458 e. The number of hydrogen-bond acceptors (Lipinski definition) is 8. The molecule has 8 heteroatoms. The van der Waals surface area contributed by atoms with Crippen molar-refractivity contribution in [1.29, 1.82) is 0 Å². The molecule has 5 aliphatic rings. The first-order valence-corrected chi connectivity index (χ1v) is 12.6. The van der Waals surface area contributed by atoms with Gasteiger partial charge in [-0.3, -0.25) is 0 Å². The number of nitrogens with zero attached hydrogens (tertiary/aromatic N) is 1. The van der Waals surface area contributed by atoms with E-state index in [4.69, 9.17) is 9.84 Å². The SMILES string of the molecule is CC12CCC3C(CCC4(O)CC(O)CCC34C=NNCCO)C1(O)CCC2C1=CC(=O)OC1. The smallest absolute Gasteiger partial charge is 0.331 e. The van der Waals surface area contributed by atoms with Crippen molar-refractivity contribution in [3.63, 3.8) is 0 Å². The van der Waals surface area contributed by atoms with Crippen LogP contribution < -0.4 is 5.43 Å². The van der Waals surface area contributed by atoms with E-state index in [1.807, 2.05) is 6.21 Å². The van der Waals surface area contributed by atoms with Crippen molar-refractivity contribution in [2.45, 2.75) is 82.0 Å². The number of nitrogens with one attached hydrogen (secondary N) is 1. The Bertz CT molecular complexity index is 862. The molecule has 0 amide bonds. The minimum absolute atomic E-state index is 0.0136. The summed E-state index contributed by atoms with van der Waals surface area (Å²) in [5.41, 5.74) is 0.968. The Morgan fingerprint density at radius 3 is 2.67 bits per heavy atom. The fraction of sp³-hybridized carbons (Fsp3) is 0.840. The monoisotopic (exact) mass is 462 g/mol. The summed E-state index contributed by atoms with van der Waals surface area (Å²) in [7, 11) is 0. The summed E-state index contributed by atoms with van der Waals surface area (Å²) in [5, 5.41) is 48.1. The molecule has 0 bridgehead atoms. The number of fused-ring (bicyclic) bond motifs is 5. The molecule has 8 unspecified atom stereocenters. The second-order valence-corrected chi connectivity index (χ2v) is 11.4. The molecule has 0 radical (unpaired) electrons. The van der Waals surface area contributed by atoms with Crippen LogP contribution in [-0.2, 0) is 9.53 Å². The number of esters is 1. The highest BCUT2D eigenvalue weighted by Crippen LogP contribution is 2.70. The van der Waals surface area contributed by atoms with Gasteiger partial charge in [0.1, 0.15) is 6.61 Å². The summed E-state index contributed by atoms with van der Waals surface area (Å²) in [5.74, 6) is -0.0955. The van der Waals surface area contributed by atoms with Crippen molar-refractivity contribution in [1.82, 2.24) is 5.43 Å². The molecule has 0 spiro atoms. The third-order valence-electron chi connectivity index (χ3n) is 10.2. The molecule has 0 aromatic heterocycles. The average Bonchev–Trinajstić information content (AvgIpc) is 3.31. The molecule has 8 nitrogen and oxygen atoms in total. The van der Waals surface area contributed by atoms with Gasteiger partial charge in [0.05, 0.1) is 30.5 Å². The molecule has 33 heavy (non-hydrogen) atoms. The van der Waals surface area contributed by atoms with Gasteiger partial charge in [-0.25, -0.2) is 4.79 Å². The molecule has 4 saturated carbocycles. The third-order valence-corrected chi connectivity index (χ3v) is 10.2. The van der Waals surface area contributed by atoms with E-state index >= 15 is 0 Å². The molecule has 0 aromatic carbocycles. The second kappa shape index (κ2) is 8.04. The van der Waals surface area contributed by atoms with Crippen LogP contribution in [0.5, 0.6) is 0 Å². The van der Waals surface area contributed by atoms with Gasteiger partial charge in [-0.2, -0.15) is 5.10 Å². The minimum atomic E-state index is -1.06. The maximum absolute atomic E-state index is 12.3. The van der Waals surface area contributed by atoms with Gasteiger partial charge in [0.2, 0.25) is 0 Å². The summed E-state index contributed by atoms with van der Waals surface area (Å²) in [6, 6.07) is 0. The van der Waals surface area contributed by atoms with Gasteiger partial charge in [-0.15, -0.1) is 0 Å². The third kappa shape index (κ3) is 3.24. The van der Waals surface area contributed by atoms with Crippen molar-refractivity contribution in [3.05, 3.63) is 11.6 Å². The van der Waals surface area contributed by atoms with Crippen LogP contribution in [-0.4, -0.2) is 69.7 Å². The number of aliphatic hydroxyl groups excluding tert-OH is 2. The summed E-state index contributed by atoms with van der Waals surface area (Å²) in [4.78, 5) is 11.7. The summed E-state index contributed by atoms with van der Waals surface area (Å²) in [6.07, 6.45) is 8.88. The molecule has 0 aromatic rings. The number of ether oxygens (including phenoxy) is 1. The van der Waals surface area contributed by atoms with E-state index in [0.717, 1.165) is 24.8 Å². The summed E-state index contributed by atoms with van der Waals surface area (Å²) < 4.78 is 5.20. The lowest BCUT2D eigenvalue weighted by Crippen LogP contribution is -2.68. The van der Waals surface area contributed by atoms with Crippen LogP contribution in [0.2, 0.25) is 0 Å². The lowest BCUT2D eigenvalue weighted by molar-refractivity contribution is -0.237. The Kier molecular flexibility index (Phi) is 5.67. The van der Waals surface area contributed by atoms with Crippen molar-refractivity contribution >= 4 is 12.2 Å². The van der Waals surface area contributed by atoms with Gasteiger partial charge in [0.25, 0.3) is 0 Å². The number of hydrazone groups is 1. The Hall–Kier alpha value is -1.48. The topological polar surface area (TPSA) is 132 Å². The summed E-state index contributed by atoms with van der Waals surface area (Å²) in [6.45, 7) is 2.82. The number of carbonyl (C=O) groups is 1. The van der Waals surface area contributed by atoms with Crippen LogP contribution in [0.3, 0.4) is 0 Å². The van der Waals surface area contributed by atoms with Gasteiger partial charge in [-0.05, 0) is 74.7 Å². The normalized spacial score (nSPS) is 49.2. The van der Waals surface area contributed by atoms with Crippen molar-refractivity contribution in [3.8, 4) is 0 Å². The van der Waals surface area contributed by atoms with E-state index < -0.39 is 22.7 Å². The van der Waals surface area contributed by atoms with E-state index in [9.17, 15) is 20.1 Å². The predicted molar refractivity (Wildman–Crippen MR) is 121 cm³/mol. The zero-order chi connectivity index (χ0) is 23.5. The van der Waals surface area contributed by atoms with Gasteiger partial charge in [0.15, 0.2) is 0 Å². The van der Waals surface area contributed by atoms with Gasteiger partial charge >= 0.3 is 5.97 Å². The molecule has 5 N–H and O–H groups in total. The average molecular weight is 463 g/mol. The number of cyclic esters (lactones) is 1. The molecule has 4 fully saturated rings. The number of rotatable bonds is 5. The molecular formula is C25H38N2O6. The molecule has 1 aliphatic heterocycles. The van der Waals surface area contributed by atoms with Crippen molar-refractivity contribution in [2.75, 3.05) is 19.8 Å². The molecule has 1 heterocycles. The van der Waals surface area contributed by atoms with E-state index in [1.165, 1.54) is 0 Å². The number of aliphatic hydroxyl groups is 4. The molecule has 0 saturated heterocycles. The van der Waals surface area contributed by atoms with Crippen molar-refractivity contribution in [2.24, 2.45) is 33.7 Å².